The number of hydrogen-bond donors (Lipinski definition) is 1. The van der Waals surface area contributed by atoms with Gasteiger partial charge in [0.1, 0.15) is 5.38 Å². The molecule has 0 amide bonds. The monoisotopic (exact) mass is 261 g/mol. The first-order valence-corrected chi connectivity index (χ1v) is 4.94. The van der Waals surface area contributed by atoms with Gasteiger partial charge in [-0.25, -0.2) is 0 Å². The van der Waals surface area contributed by atoms with E-state index in [1.807, 2.05) is 0 Å². The molecule has 1 atom stereocenters. The Bertz CT molecular complexity index is 320. The summed E-state index contributed by atoms with van der Waals surface area (Å²) in [5.74, 6) is -0.0841. The first kappa shape index (κ1) is 10.5. The van der Waals surface area contributed by atoms with Gasteiger partial charge in [-0.2, -0.15) is 0 Å². The van der Waals surface area contributed by atoms with Crippen molar-refractivity contribution in [1.29, 1.82) is 0 Å². The lowest BCUT2D eigenvalue weighted by atomic mass is 10.1. The summed E-state index contributed by atoms with van der Waals surface area (Å²) in [4.78, 5) is 11.0. The Hall–Kier alpha value is -0.540. The van der Waals surface area contributed by atoms with Crippen molar-refractivity contribution in [3.63, 3.8) is 0 Å². The SMILES string of the molecule is CC(=O)C(Cl)c1cc(N)cc(Br)c1. The minimum atomic E-state index is -0.611. The second-order valence-corrected chi connectivity index (χ2v) is 4.14. The molecule has 70 valence electrons. The van der Waals surface area contributed by atoms with Gasteiger partial charge in [0.2, 0.25) is 0 Å². The average Bonchev–Trinajstić information content (AvgIpc) is 2.01. The van der Waals surface area contributed by atoms with Crippen LogP contribution in [0.3, 0.4) is 0 Å². The molecule has 0 aliphatic heterocycles. The van der Waals surface area contributed by atoms with Crippen LogP contribution in [0.1, 0.15) is 17.9 Å². The fourth-order valence-corrected chi connectivity index (χ4v) is 1.67. The van der Waals surface area contributed by atoms with Crippen LogP contribution in [-0.4, -0.2) is 5.78 Å². The highest BCUT2D eigenvalue weighted by molar-refractivity contribution is 9.10. The van der Waals surface area contributed by atoms with E-state index in [-0.39, 0.29) is 5.78 Å². The smallest absolute Gasteiger partial charge is 0.152 e. The van der Waals surface area contributed by atoms with Crippen molar-refractivity contribution in [3.8, 4) is 0 Å². The third-order valence-electron chi connectivity index (χ3n) is 1.59. The molecule has 1 aromatic carbocycles. The maximum atomic E-state index is 11.0. The van der Waals surface area contributed by atoms with Gasteiger partial charge in [-0.3, -0.25) is 4.79 Å². The maximum absolute atomic E-state index is 11.0. The summed E-state index contributed by atoms with van der Waals surface area (Å²) in [6, 6.07) is 5.24. The van der Waals surface area contributed by atoms with Crippen LogP contribution in [0.2, 0.25) is 0 Å². The number of carbonyl (C=O) groups excluding carboxylic acids is 1. The number of benzene rings is 1. The van der Waals surface area contributed by atoms with Crippen LogP contribution in [0.5, 0.6) is 0 Å². The van der Waals surface area contributed by atoms with Gasteiger partial charge < -0.3 is 5.73 Å². The van der Waals surface area contributed by atoms with E-state index in [2.05, 4.69) is 15.9 Å². The van der Waals surface area contributed by atoms with Gasteiger partial charge in [-0.1, -0.05) is 15.9 Å². The molecule has 4 heteroatoms. The molecule has 0 heterocycles. The quantitative estimate of drug-likeness (QED) is 0.658. The molecule has 0 aromatic heterocycles. The fraction of sp³-hybridized carbons (Fsp3) is 0.222. The van der Waals surface area contributed by atoms with Gasteiger partial charge in [0.15, 0.2) is 5.78 Å². The van der Waals surface area contributed by atoms with Crippen molar-refractivity contribution in [1.82, 2.24) is 0 Å². The molecule has 2 N–H and O–H groups in total. The zero-order valence-corrected chi connectivity index (χ0v) is 9.39. The molecule has 0 fully saturated rings. The second kappa shape index (κ2) is 4.11. The van der Waals surface area contributed by atoms with Crippen LogP contribution >= 0.6 is 27.5 Å². The minimum Gasteiger partial charge on any atom is -0.399 e. The van der Waals surface area contributed by atoms with E-state index in [1.165, 1.54) is 6.92 Å². The van der Waals surface area contributed by atoms with Crippen LogP contribution in [0.25, 0.3) is 0 Å². The third-order valence-corrected chi connectivity index (χ3v) is 2.61. The first-order chi connectivity index (χ1) is 6.00. The molecule has 1 rings (SSSR count). The Labute approximate surface area is 90.2 Å². The lowest BCUT2D eigenvalue weighted by molar-refractivity contribution is -0.116. The van der Waals surface area contributed by atoms with Crippen molar-refractivity contribution < 1.29 is 4.79 Å². The van der Waals surface area contributed by atoms with Crippen LogP contribution < -0.4 is 5.73 Å². The summed E-state index contributed by atoms with van der Waals surface area (Å²) in [6.07, 6.45) is 0. The molecule has 0 bridgehead atoms. The number of ketones is 1. The molecule has 0 saturated carbocycles. The highest BCUT2D eigenvalue weighted by atomic mass is 79.9. The number of nitrogens with two attached hydrogens (primary N) is 1. The van der Waals surface area contributed by atoms with Gasteiger partial charge in [0, 0.05) is 10.2 Å². The van der Waals surface area contributed by atoms with E-state index in [0.717, 1.165) is 10.0 Å². The first-order valence-electron chi connectivity index (χ1n) is 3.71. The van der Waals surface area contributed by atoms with E-state index in [0.29, 0.717) is 5.69 Å². The zero-order valence-electron chi connectivity index (χ0n) is 7.05. The minimum absolute atomic E-state index is 0.0841. The van der Waals surface area contributed by atoms with Gasteiger partial charge in [-0.15, -0.1) is 11.6 Å². The molecular weight excluding hydrogens is 253 g/mol. The number of alkyl halides is 1. The standard InChI is InChI=1S/C9H9BrClNO/c1-5(13)9(11)6-2-7(10)4-8(12)3-6/h2-4,9H,12H2,1H3. The molecule has 0 spiro atoms. The largest absolute Gasteiger partial charge is 0.399 e. The Morgan fingerprint density at radius 3 is 2.62 bits per heavy atom. The van der Waals surface area contributed by atoms with Crippen LogP contribution in [0.15, 0.2) is 22.7 Å². The van der Waals surface area contributed by atoms with Crippen molar-refractivity contribution in [3.05, 3.63) is 28.2 Å². The third kappa shape index (κ3) is 2.71. The van der Waals surface area contributed by atoms with E-state index < -0.39 is 5.38 Å². The molecule has 0 aliphatic rings. The number of carbonyl (C=O) groups is 1. The molecule has 0 saturated heterocycles. The van der Waals surface area contributed by atoms with Crippen molar-refractivity contribution in [2.45, 2.75) is 12.3 Å². The lowest BCUT2D eigenvalue weighted by Gasteiger charge is -2.07. The Morgan fingerprint density at radius 1 is 1.54 bits per heavy atom. The lowest BCUT2D eigenvalue weighted by Crippen LogP contribution is -2.02. The number of rotatable bonds is 2. The fourth-order valence-electron chi connectivity index (χ4n) is 1.02. The summed E-state index contributed by atoms with van der Waals surface area (Å²) in [5.41, 5.74) is 6.91. The van der Waals surface area contributed by atoms with E-state index in [9.17, 15) is 4.79 Å². The van der Waals surface area contributed by atoms with Gasteiger partial charge >= 0.3 is 0 Å². The van der Waals surface area contributed by atoms with E-state index in [1.54, 1.807) is 18.2 Å². The summed E-state index contributed by atoms with van der Waals surface area (Å²) >= 11 is 9.14. The zero-order chi connectivity index (χ0) is 10.0. The summed E-state index contributed by atoms with van der Waals surface area (Å²) in [6.45, 7) is 1.45. The van der Waals surface area contributed by atoms with Crippen LogP contribution in [0, 0.1) is 0 Å². The topological polar surface area (TPSA) is 43.1 Å². The average molecular weight is 263 g/mol. The number of anilines is 1. The molecule has 0 aliphatic carbocycles. The number of Topliss-reactive ketones (excluding diaryl/α,β-unsaturated/α-hetero) is 1. The number of nitrogen functional groups attached to an aromatic ring is 1. The Morgan fingerprint density at radius 2 is 2.15 bits per heavy atom. The summed E-state index contributed by atoms with van der Waals surface area (Å²) < 4.78 is 0.828. The second-order valence-electron chi connectivity index (χ2n) is 2.79. The molecule has 1 unspecified atom stereocenters. The van der Waals surface area contributed by atoms with Crippen LogP contribution in [-0.2, 0) is 4.79 Å². The number of hydrogen-bond acceptors (Lipinski definition) is 2. The summed E-state index contributed by atoms with van der Waals surface area (Å²) in [7, 11) is 0. The highest BCUT2D eigenvalue weighted by Gasteiger charge is 2.13. The molecule has 13 heavy (non-hydrogen) atoms. The molecule has 1 aromatic rings. The van der Waals surface area contributed by atoms with E-state index in [4.69, 9.17) is 17.3 Å². The molecular formula is C9H9BrClNO. The Kier molecular flexibility index (Phi) is 3.33. The summed E-state index contributed by atoms with van der Waals surface area (Å²) in [5, 5.41) is -0.611. The highest BCUT2D eigenvalue weighted by Crippen LogP contribution is 2.26. The van der Waals surface area contributed by atoms with Gasteiger partial charge in [-0.05, 0) is 30.7 Å². The van der Waals surface area contributed by atoms with Gasteiger partial charge in [0.25, 0.3) is 0 Å². The van der Waals surface area contributed by atoms with Crippen molar-refractivity contribution in [2.75, 3.05) is 5.73 Å². The van der Waals surface area contributed by atoms with Crippen LogP contribution in [0.4, 0.5) is 5.69 Å². The predicted molar refractivity (Wildman–Crippen MR) is 57.8 cm³/mol. The van der Waals surface area contributed by atoms with Crippen molar-refractivity contribution >= 4 is 39.0 Å². The normalized spacial score (nSPS) is 12.5. The Balaban J connectivity index is 3.07. The molecule has 0 radical (unpaired) electrons. The van der Waals surface area contributed by atoms with E-state index >= 15 is 0 Å². The van der Waals surface area contributed by atoms with Crippen molar-refractivity contribution in [2.24, 2.45) is 0 Å². The maximum Gasteiger partial charge on any atom is 0.152 e. The molecule has 2 nitrogen and oxygen atoms in total. The van der Waals surface area contributed by atoms with Gasteiger partial charge in [0.05, 0.1) is 0 Å². The predicted octanol–water partition coefficient (Wildman–Crippen LogP) is 2.90. The number of halogens is 2.